The van der Waals surface area contributed by atoms with Crippen molar-refractivity contribution in [3.63, 3.8) is 0 Å². The molecule has 0 aromatic heterocycles. The standard InChI is InChI=1S/C20H20BrF2NO4/c1-2-27-16-6-3-13(4-7-16)17(25)8-10-19(26)24-12-14-11-15(21)5-9-18(14)28-20(22)23/h3-7,9,11,20H,2,8,10,12H2,1H3,(H,24,26). The minimum absolute atomic E-state index is 0.00884. The van der Waals surface area contributed by atoms with Gasteiger partial charge in [-0.2, -0.15) is 8.78 Å². The Kier molecular flexibility index (Phi) is 8.38. The van der Waals surface area contributed by atoms with Crippen molar-refractivity contribution >= 4 is 27.6 Å². The van der Waals surface area contributed by atoms with Crippen LogP contribution >= 0.6 is 15.9 Å². The predicted molar refractivity (Wildman–Crippen MR) is 104 cm³/mol. The summed E-state index contributed by atoms with van der Waals surface area (Å²) in [7, 11) is 0. The number of hydrogen-bond donors (Lipinski definition) is 1. The van der Waals surface area contributed by atoms with Gasteiger partial charge in [-0.05, 0) is 49.4 Å². The second-order valence-corrected chi connectivity index (χ2v) is 6.70. The predicted octanol–water partition coefficient (Wildman–Crippen LogP) is 4.73. The van der Waals surface area contributed by atoms with Gasteiger partial charge < -0.3 is 14.8 Å². The summed E-state index contributed by atoms with van der Waals surface area (Å²) in [5.74, 6) is 0.140. The number of amides is 1. The molecule has 0 atom stereocenters. The summed E-state index contributed by atoms with van der Waals surface area (Å²) in [6.07, 6.45) is 0.0315. The zero-order chi connectivity index (χ0) is 20.5. The number of hydrogen-bond acceptors (Lipinski definition) is 4. The average molecular weight is 456 g/mol. The van der Waals surface area contributed by atoms with Crippen LogP contribution in [0.1, 0.15) is 35.7 Å². The van der Waals surface area contributed by atoms with Crippen LogP contribution in [-0.2, 0) is 11.3 Å². The highest BCUT2D eigenvalue weighted by Crippen LogP contribution is 2.24. The van der Waals surface area contributed by atoms with E-state index in [9.17, 15) is 18.4 Å². The van der Waals surface area contributed by atoms with Crippen LogP contribution in [0, 0.1) is 0 Å². The van der Waals surface area contributed by atoms with Crippen molar-refractivity contribution in [2.45, 2.75) is 32.9 Å². The molecule has 2 aromatic rings. The third kappa shape index (κ3) is 6.92. The average Bonchev–Trinajstić information content (AvgIpc) is 2.66. The smallest absolute Gasteiger partial charge is 0.387 e. The maximum Gasteiger partial charge on any atom is 0.387 e. The number of benzene rings is 2. The maximum absolute atomic E-state index is 12.5. The van der Waals surface area contributed by atoms with Crippen LogP contribution in [0.25, 0.3) is 0 Å². The lowest BCUT2D eigenvalue weighted by Crippen LogP contribution is -2.23. The highest BCUT2D eigenvalue weighted by molar-refractivity contribution is 9.10. The lowest BCUT2D eigenvalue weighted by Gasteiger charge is -2.12. The molecule has 0 fully saturated rings. The van der Waals surface area contributed by atoms with Crippen molar-refractivity contribution in [1.29, 1.82) is 0 Å². The van der Waals surface area contributed by atoms with Crippen LogP contribution in [0.3, 0.4) is 0 Å². The zero-order valence-corrected chi connectivity index (χ0v) is 16.8. The first kappa shape index (κ1) is 21.8. The summed E-state index contributed by atoms with van der Waals surface area (Å²) >= 11 is 3.25. The van der Waals surface area contributed by atoms with Gasteiger partial charge in [0.25, 0.3) is 0 Å². The molecule has 0 aliphatic heterocycles. The Labute approximate surface area is 170 Å². The van der Waals surface area contributed by atoms with E-state index in [4.69, 9.17) is 4.74 Å². The first-order chi connectivity index (χ1) is 13.4. The molecule has 0 aliphatic rings. The molecular formula is C20H20BrF2NO4. The summed E-state index contributed by atoms with van der Waals surface area (Å²) in [5, 5.41) is 2.62. The fourth-order valence-corrected chi connectivity index (χ4v) is 2.86. The molecule has 1 N–H and O–H groups in total. The van der Waals surface area contributed by atoms with Crippen LogP contribution in [-0.4, -0.2) is 24.9 Å². The minimum Gasteiger partial charge on any atom is -0.494 e. The van der Waals surface area contributed by atoms with Crippen molar-refractivity contribution in [3.8, 4) is 11.5 Å². The number of halogens is 3. The van der Waals surface area contributed by atoms with Crippen molar-refractivity contribution in [1.82, 2.24) is 5.32 Å². The number of Topliss-reactive ketones (excluding diaryl/α,β-unsaturated/α-hetero) is 1. The molecule has 0 bridgehead atoms. The SMILES string of the molecule is CCOc1ccc(C(=O)CCC(=O)NCc2cc(Br)ccc2OC(F)F)cc1. The van der Waals surface area contributed by atoms with E-state index in [0.29, 0.717) is 28.0 Å². The minimum atomic E-state index is -2.96. The number of ketones is 1. The van der Waals surface area contributed by atoms with Gasteiger partial charge in [-0.3, -0.25) is 9.59 Å². The number of carbonyl (C=O) groups is 2. The van der Waals surface area contributed by atoms with Gasteiger partial charge in [0.05, 0.1) is 6.61 Å². The monoisotopic (exact) mass is 455 g/mol. The van der Waals surface area contributed by atoms with E-state index in [2.05, 4.69) is 26.0 Å². The van der Waals surface area contributed by atoms with E-state index in [1.54, 1.807) is 36.4 Å². The van der Waals surface area contributed by atoms with Crippen LogP contribution in [0.2, 0.25) is 0 Å². The van der Waals surface area contributed by atoms with Gasteiger partial charge in [-0.1, -0.05) is 15.9 Å². The maximum atomic E-state index is 12.5. The Hall–Kier alpha value is -2.48. The molecule has 0 saturated carbocycles. The highest BCUT2D eigenvalue weighted by Gasteiger charge is 2.13. The quantitative estimate of drug-likeness (QED) is 0.526. The molecule has 1 amide bonds. The lowest BCUT2D eigenvalue weighted by molar-refractivity contribution is -0.121. The largest absolute Gasteiger partial charge is 0.494 e. The molecule has 150 valence electrons. The molecule has 0 heterocycles. The molecule has 5 nitrogen and oxygen atoms in total. The molecule has 0 radical (unpaired) electrons. The zero-order valence-electron chi connectivity index (χ0n) is 15.2. The molecule has 8 heteroatoms. The Morgan fingerprint density at radius 1 is 1.11 bits per heavy atom. The molecule has 0 spiro atoms. The molecule has 0 unspecified atom stereocenters. The summed E-state index contributed by atoms with van der Waals surface area (Å²) in [6, 6.07) is 11.3. The lowest BCUT2D eigenvalue weighted by atomic mass is 10.1. The number of alkyl halides is 2. The van der Waals surface area contributed by atoms with Crippen molar-refractivity contribution in [3.05, 3.63) is 58.1 Å². The van der Waals surface area contributed by atoms with Crippen molar-refractivity contribution < 1.29 is 27.8 Å². The molecule has 0 saturated heterocycles. The van der Waals surface area contributed by atoms with Gasteiger partial charge in [0.15, 0.2) is 5.78 Å². The van der Waals surface area contributed by atoms with E-state index < -0.39 is 6.61 Å². The van der Waals surface area contributed by atoms with Gasteiger partial charge >= 0.3 is 6.61 Å². The molecular weight excluding hydrogens is 436 g/mol. The Balaban J connectivity index is 1.86. The second-order valence-electron chi connectivity index (χ2n) is 5.79. The van der Waals surface area contributed by atoms with Gasteiger partial charge in [0.2, 0.25) is 5.91 Å². The number of nitrogens with one attached hydrogen (secondary N) is 1. The van der Waals surface area contributed by atoms with Gasteiger partial charge in [-0.25, -0.2) is 0 Å². The number of carbonyl (C=O) groups excluding carboxylic acids is 2. The van der Waals surface area contributed by atoms with E-state index >= 15 is 0 Å². The third-order valence-electron chi connectivity index (χ3n) is 3.78. The van der Waals surface area contributed by atoms with E-state index in [-0.39, 0.29) is 36.8 Å². The highest BCUT2D eigenvalue weighted by atomic mass is 79.9. The van der Waals surface area contributed by atoms with Gasteiger partial charge in [0.1, 0.15) is 11.5 Å². The first-order valence-electron chi connectivity index (χ1n) is 8.65. The first-order valence-corrected chi connectivity index (χ1v) is 9.44. The summed E-state index contributed by atoms with van der Waals surface area (Å²) in [6.45, 7) is -0.538. The van der Waals surface area contributed by atoms with Crippen LogP contribution in [0.4, 0.5) is 8.78 Å². The summed E-state index contributed by atoms with van der Waals surface area (Å²) < 4.78 is 35.4. The van der Waals surface area contributed by atoms with Gasteiger partial charge in [-0.15, -0.1) is 0 Å². The Bertz CT molecular complexity index is 812. The summed E-state index contributed by atoms with van der Waals surface area (Å²) in [5.41, 5.74) is 0.900. The van der Waals surface area contributed by atoms with Crippen LogP contribution in [0.5, 0.6) is 11.5 Å². The van der Waals surface area contributed by atoms with E-state index in [1.807, 2.05) is 6.92 Å². The van der Waals surface area contributed by atoms with E-state index in [0.717, 1.165) is 0 Å². The fourth-order valence-electron chi connectivity index (χ4n) is 2.45. The topological polar surface area (TPSA) is 64.6 Å². The molecule has 0 aliphatic carbocycles. The van der Waals surface area contributed by atoms with Gasteiger partial charge in [0, 0.05) is 35.0 Å². The van der Waals surface area contributed by atoms with Crippen molar-refractivity contribution in [2.24, 2.45) is 0 Å². The second kappa shape index (κ2) is 10.8. The van der Waals surface area contributed by atoms with Crippen molar-refractivity contribution in [2.75, 3.05) is 6.61 Å². The summed E-state index contributed by atoms with van der Waals surface area (Å²) in [4.78, 5) is 24.2. The number of ether oxygens (including phenoxy) is 2. The van der Waals surface area contributed by atoms with E-state index in [1.165, 1.54) is 6.07 Å². The Morgan fingerprint density at radius 3 is 2.46 bits per heavy atom. The normalized spacial score (nSPS) is 10.6. The third-order valence-corrected chi connectivity index (χ3v) is 4.27. The Morgan fingerprint density at radius 2 is 1.82 bits per heavy atom. The number of rotatable bonds is 10. The molecule has 28 heavy (non-hydrogen) atoms. The van der Waals surface area contributed by atoms with Crippen LogP contribution in [0.15, 0.2) is 46.9 Å². The molecule has 2 aromatic carbocycles. The molecule has 2 rings (SSSR count). The fraction of sp³-hybridized carbons (Fsp3) is 0.300. The van der Waals surface area contributed by atoms with Crippen LogP contribution < -0.4 is 14.8 Å².